The number of likely N-dealkylation sites (tertiary alicyclic amines) is 1. The predicted molar refractivity (Wildman–Crippen MR) is 394 cm³/mol. The quantitative estimate of drug-likeness (QED) is 0.0401. The molecule has 3 rings (SSSR count). The number of hydrogen-bond donors (Lipinski definition) is 8. The summed E-state index contributed by atoms with van der Waals surface area (Å²) < 4.78 is 50.6. The molecule has 1 fully saturated rings. The van der Waals surface area contributed by atoms with Gasteiger partial charge in [-0.3, -0.25) is 43.3 Å². The molecule has 9 N–H and O–H groups in total. The molecule has 0 aromatic heterocycles. The number of nitrogens with two attached hydrogens (primary N) is 1. The van der Waals surface area contributed by atoms with Crippen molar-refractivity contribution in [2.75, 3.05) is 126 Å². The van der Waals surface area contributed by atoms with Crippen molar-refractivity contribution < 1.29 is 95.7 Å². The van der Waals surface area contributed by atoms with Crippen LogP contribution in [0.4, 0.5) is 15.3 Å². The third-order valence-electron chi connectivity index (χ3n) is 18.5. The number of Topliss-reactive ketones (excluding diaryl/α,β-unsaturated/α-hetero) is 1. The summed E-state index contributed by atoms with van der Waals surface area (Å²) in [6, 6.07) is 8.73. The Morgan fingerprint density at radius 2 is 1.18 bits per heavy atom. The number of aliphatic hydroxyl groups excluding tert-OH is 1. The van der Waals surface area contributed by atoms with Crippen LogP contribution in [0, 0.1) is 29.6 Å². The number of amides is 10. The number of likely N-dealkylation sites (N-methyl/N-ethyl adjacent to an activating group) is 2. The summed E-state index contributed by atoms with van der Waals surface area (Å²) in [5.74, 6) is -5.27. The first kappa shape index (κ1) is 91.8. The van der Waals surface area contributed by atoms with E-state index in [4.69, 9.17) is 48.4 Å². The van der Waals surface area contributed by atoms with E-state index in [9.17, 15) is 53.1 Å². The molecule has 1 unspecified atom stereocenters. The molecule has 1 aliphatic rings. The third kappa shape index (κ3) is 33.1. The maximum absolute atomic E-state index is 14.8. The highest BCUT2D eigenvalue weighted by atomic mass is 16.6. The molecule has 30 heteroatoms. The van der Waals surface area contributed by atoms with E-state index < -0.39 is 120 Å². The van der Waals surface area contributed by atoms with Crippen LogP contribution in [0.1, 0.15) is 145 Å². The molecule has 594 valence electrons. The summed E-state index contributed by atoms with van der Waals surface area (Å²) in [6.07, 6.45) is -0.751. The highest BCUT2D eigenvalue weighted by molar-refractivity contribution is 5.98. The van der Waals surface area contributed by atoms with Gasteiger partial charge in [-0.1, -0.05) is 111 Å². The summed E-state index contributed by atoms with van der Waals surface area (Å²) in [6.45, 7) is 23.9. The molecule has 0 radical (unpaired) electrons. The lowest BCUT2D eigenvalue weighted by molar-refractivity contribution is -0.148. The zero-order valence-corrected chi connectivity index (χ0v) is 64.7. The van der Waals surface area contributed by atoms with Crippen molar-refractivity contribution in [3.8, 4) is 0 Å². The van der Waals surface area contributed by atoms with E-state index in [0.29, 0.717) is 109 Å². The number of primary amides is 1. The fraction of sp³-hybridized carbons (Fsp3) is 0.707. The second-order valence-electron chi connectivity index (χ2n) is 27.7. The Morgan fingerprint density at radius 1 is 0.629 bits per heavy atom. The first-order valence-electron chi connectivity index (χ1n) is 36.8. The van der Waals surface area contributed by atoms with Crippen LogP contribution in [-0.4, -0.2) is 254 Å². The van der Waals surface area contributed by atoms with Crippen LogP contribution in [-0.2, 0) is 87.6 Å². The zero-order valence-electron chi connectivity index (χ0n) is 64.7. The smallest absolute Gasteiger partial charge is 0.410 e. The van der Waals surface area contributed by atoms with Gasteiger partial charge >= 0.3 is 12.1 Å². The number of anilines is 1. The lowest BCUT2D eigenvalue weighted by Gasteiger charge is -2.41. The molecule has 12 atom stereocenters. The molecular formula is C75H124N10O20. The van der Waals surface area contributed by atoms with Crippen molar-refractivity contribution >= 4 is 64.9 Å². The number of hydrogen-bond acceptors (Lipinski definition) is 20. The Hall–Kier alpha value is -7.42. The Labute approximate surface area is 621 Å². The van der Waals surface area contributed by atoms with Gasteiger partial charge in [-0.2, -0.15) is 0 Å². The molecule has 1 saturated heterocycles. The highest BCUT2D eigenvalue weighted by Crippen LogP contribution is 2.31. The van der Waals surface area contributed by atoms with Crippen molar-refractivity contribution in [3.63, 3.8) is 0 Å². The molecule has 0 spiro atoms. The fourth-order valence-electron chi connectivity index (χ4n) is 12.3. The van der Waals surface area contributed by atoms with E-state index >= 15 is 0 Å². The zero-order chi connectivity index (χ0) is 78.1. The number of nitrogens with zero attached hydrogens (tertiary/aromatic N) is 3. The minimum Gasteiger partial charge on any atom is -0.445 e. The summed E-state index contributed by atoms with van der Waals surface area (Å²) in [5.41, 5.74) is 6.80. The van der Waals surface area contributed by atoms with Gasteiger partial charge in [-0.05, 0) is 86.5 Å². The Kier molecular flexibility index (Phi) is 43.9. The van der Waals surface area contributed by atoms with Gasteiger partial charge in [0, 0.05) is 59.9 Å². The van der Waals surface area contributed by atoms with Crippen LogP contribution in [0.25, 0.3) is 0 Å². The van der Waals surface area contributed by atoms with Crippen molar-refractivity contribution in [1.82, 2.24) is 41.3 Å². The summed E-state index contributed by atoms with van der Waals surface area (Å²) >= 11 is 0. The molecule has 0 saturated carbocycles. The van der Waals surface area contributed by atoms with E-state index in [2.05, 4.69) is 31.9 Å². The minimum absolute atomic E-state index is 0.0501. The number of carbonyl (C=O) groups is 10. The number of rotatable bonds is 53. The number of methoxy groups -OCH3 is 2. The van der Waals surface area contributed by atoms with E-state index in [1.807, 2.05) is 32.0 Å². The summed E-state index contributed by atoms with van der Waals surface area (Å²) in [5, 5.41) is 27.7. The maximum Gasteiger partial charge on any atom is 0.410 e. The van der Waals surface area contributed by atoms with E-state index in [-0.39, 0.29) is 88.1 Å². The van der Waals surface area contributed by atoms with Gasteiger partial charge in [0.2, 0.25) is 41.4 Å². The lowest BCUT2D eigenvalue weighted by Crippen LogP contribution is -2.60. The monoisotopic (exact) mass is 1480 g/mol. The fourth-order valence-corrected chi connectivity index (χ4v) is 12.3. The molecule has 1 heterocycles. The molecule has 30 nitrogen and oxygen atoms in total. The molecule has 2 aromatic carbocycles. The van der Waals surface area contributed by atoms with Gasteiger partial charge in [-0.25, -0.2) is 9.59 Å². The van der Waals surface area contributed by atoms with Gasteiger partial charge in [0.1, 0.15) is 36.6 Å². The van der Waals surface area contributed by atoms with Crippen LogP contribution >= 0.6 is 0 Å². The lowest BCUT2D eigenvalue weighted by atomic mass is 9.89. The molecular weight excluding hydrogens is 1360 g/mol. The van der Waals surface area contributed by atoms with Crippen LogP contribution in [0.3, 0.4) is 0 Å². The van der Waals surface area contributed by atoms with Crippen LogP contribution < -0.4 is 37.6 Å². The number of carbonyl (C=O) groups excluding carboxylic acids is 10. The first-order chi connectivity index (χ1) is 50.0. The molecule has 10 amide bonds. The number of aliphatic hydroxyl groups is 1. The Morgan fingerprint density at radius 3 is 1.69 bits per heavy atom. The number of benzene rings is 2. The topological polar surface area (TPSA) is 382 Å². The average Bonchev–Trinajstić information content (AvgIpc) is 1.33. The number of urea groups is 1. The molecule has 0 aliphatic carbocycles. The van der Waals surface area contributed by atoms with E-state index in [0.717, 1.165) is 0 Å². The Bertz CT molecular complexity index is 2930. The SMILES string of the molecule is CC[C@@H](C)[C@H]([C@H](CC(=O)N1CCC[C@@H]1[C@@H](OC)[C@H](C)C(=O)N[C@@H](C)[C@H](O)c1ccccc1)OC)N(C)C(=O)C(NC(=O)[C@@H](C(C)C)N(C)C(=O)OCc1ccc(NC(=O)[C@H](CCCNC(N)=O)NC(=O)[C@@H](NC(=O)CCOCCOCCOCCOCCOCCOCCC(C)=O)C(C)C)cc1)C(C)C. The van der Waals surface area contributed by atoms with Crippen molar-refractivity contribution in [3.05, 3.63) is 65.7 Å². The minimum atomic E-state index is -1.12. The normalized spacial score (nSPS) is 16.1. The van der Waals surface area contributed by atoms with Gasteiger partial charge in [0.25, 0.3) is 0 Å². The van der Waals surface area contributed by atoms with Gasteiger partial charge in [0.15, 0.2) is 0 Å². The van der Waals surface area contributed by atoms with Crippen LogP contribution in [0.15, 0.2) is 54.6 Å². The van der Waals surface area contributed by atoms with Gasteiger partial charge in [0.05, 0.1) is 128 Å². The largest absolute Gasteiger partial charge is 0.445 e. The van der Waals surface area contributed by atoms with Crippen molar-refractivity contribution in [2.45, 2.75) is 195 Å². The second-order valence-corrected chi connectivity index (χ2v) is 27.7. The molecule has 2 aromatic rings. The van der Waals surface area contributed by atoms with E-state index in [1.165, 1.54) is 33.1 Å². The highest BCUT2D eigenvalue weighted by Gasteiger charge is 2.44. The van der Waals surface area contributed by atoms with Crippen LogP contribution in [0.2, 0.25) is 0 Å². The van der Waals surface area contributed by atoms with E-state index in [1.54, 1.807) is 109 Å². The first-order valence-corrected chi connectivity index (χ1v) is 36.8. The van der Waals surface area contributed by atoms with Gasteiger partial charge in [-0.15, -0.1) is 0 Å². The van der Waals surface area contributed by atoms with Crippen LogP contribution in [0.5, 0.6) is 0 Å². The Balaban J connectivity index is 1.56. The number of ketones is 1. The van der Waals surface area contributed by atoms with Crippen molar-refractivity contribution in [2.24, 2.45) is 35.3 Å². The number of nitrogens with one attached hydrogen (secondary N) is 6. The molecule has 1 aliphatic heterocycles. The second kappa shape index (κ2) is 50.2. The summed E-state index contributed by atoms with van der Waals surface area (Å²) in [4.78, 5) is 139. The standard InChI is InChI=1S/C75H124N10O20/c1-16-51(8)66(60(97-14)46-62(88)85-33-21-25-59(85)68(98-15)53(10)69(90)78-54(11)67(89)56-22-18-17-19-23-56)83(12)73(94)64(49(4)5)82-72(93)65(50(6)7)84(13)75(96)105-47-55-26-28-57(29-27-55)79-70(91)58(24-20-32-77-74(76)95)80-71(92)63(48(2)3)81-61(87)31-35-100-37-39-102-41-43-104-45-44-103-42-40-101-38-36-99-34-30-52(9)86/h17-19,22-23,26-29,48-51,53-54,58-60,63-68,89H,16,20-21,24-25,30-47H2,1-15H3,(H,78,90)(H,79,91)(H,80,92)(H,81,87)(H,82,93)(H3,76,77,95)/t51-,53+,54+,58+,59-,60+,63+,64?,65-,66-,67+,68+/m1/s1. The third-order valence-corrected chi connectivity index (χ3v) is 18.5. The van der Waals surface area contributed by atoms with Crippen molar-refractivity contribution in [1.29, 1.82) is 0 Å². The molecule has 105 heavy (non-hydrogen) atoms. The van der Waals surface area contributed by atoms with Gasteiger partial charge < -0.3 is 95.2 Å². The maximum atomic E-state index is 14.8. The molecule has 0 bridgehead atoms. The number of ether oxygens (including phenoxy) is 9. The average molecular weight is 1490 g/mol. The predicted octanol–water partition coefficient (Wildman–Crippen LogP) is 5.06. The summed E-state index contributed by atoms with van der Waals surface area (Å²) in [7, 11) is 6.09.